The van der Waals surface area contributed by atoms with Crippen molar-refractivity contribution in [1.29, 1.82) is 0 Å². The quantitative estimate of drug-likeness (QED) is 0.615. The van der Waals surface area contributed by atoms with Gasteiger partial charge in [-0.2, -0.15) is 9.40 Å². The van der Waals surface area contributed by atoms with Gasteiger partial charge in [0.1, 0.15) is 5.82 Å². The zero-order chi connectivity index (χ0) is 24.9. The van der Waals surface area contributed by atoms with Gasteiger partial charge in [-0.25, -0.2) is 17.5 Å². The molecule has 5 aliphatic rings. The van der Waals surface area contributed by atoms with E-state index < -0.39 is 20.9 Å². The lowest BCUT2D eigenvalue weighted by Gasteiger charge is -2.54. The van der Waals surface area contributed by atoms with Crippen molar-refractivity contribution in [2.24, 2.45) is 22.4 Å². The Hall–Kier alpha value is -2.56. The number of nitrogens with zero attached hydrogens (tertiary/aromatic N) is 4. The van der Waals surface area contributed by atoms with E-state index in [4.69, 9.17) is 4.84 Å². The van der Waals surface area contributed by atoms with Crippen LogP contribution in [0.3, 0.4) is 0 Å². The minimum atomic E-state index is -3.69. The van der Waals surface area contributed by atoms with Crippen LogP contribution in [0.4, 0.5) is 4.39 Å². The summed E-state index contributed by atoms with van der Waals surface area (Å²) in [6.45, 7) is 2.03. The lowest BCUT2D eigenvalue weighted by molar-refractivity contribution is 0.000603. The second kappa shape index (κ2) is 7.49. The molecule has 2 heterocycles. The Kier molecular flexibility index (Phi) is 4.71. The van der Waals surface area contributed by atoms with Gasteiger partial charge < -0.3 is 9.94 Å². The molecule has 0 saturated heterocycles. The largest absolute Gasteiger partial charge is 0.395 e. The smallest absolute Gasteiger partial charge is 0.229 e. The Morgan fingerprint density at radius 3 is 2.78 bits per heavy atom. The Morgan fingerprint density at radius 1 is 1.28 bits per heavy atom. The molecule has 4 aliphatic carbocycles. The molecule has 0 amide bonds. The van der Waals surface area contributed by atoms with Crippen LogP contribution in [0.5, 0.6) is 0 Å². The molecule has 36 heavy (non-hydrogen) atoms. The molecule has 0 radical (unpaired) electrons. The first-order valence-electron chi connectivity index (χ1n) is 12.7. The first kappa shape index (κ1) is 22.6. The summed E-state index contributed by atoms with van der Waals surface area (Å²) in [5, 5.41) is 18.2. The van der Waals surface area contributed by atoms with Crippen LogP contribution < -0.4 is 0 Å². The van der Waals surface area contributed by atoms with Gasteiger partial charge in [0.2, 0.25) is 10.0 Å². The molecule has 3 saturated carbocycles. The molecule has 1 N–H and O–H groups in total. The summed E-state index contributed by atoms with van der Waals surface area (Å²) < 4.78 is 43.1. The number of fused-ring (bicyclic) bond motifs is 2. The van der Waals surface area contributed by atoms with Crippen molar-refractivity contribution in [3.8, 4) is 5.69 Å². The Balaban J connectivity index is 1.13. The summed E-state index contributed by atoms with van der Waals surface area (Å²) >= 11 is 0. The zero-order valence-corrected chi connectivity index (χ0v) is 20.9. The highest BCUT2D eigenvalue weighted by Crippen LogP contribution is 2.67. The van der Waals surface area contributed by atoms with E-state index in [9.17, 15) is 17.9 Å². The van der Waals surface area contributed by atoms with Crippen LogP contribution in [0.1, 0.15) is 43.9 Å². The average Bonchev–Trinajstić information content (AvgIpc) is 3.18. The number of allylic oxidation sites excluding steroid dienone is 1. The van der Waals surface area contributed by atoms with Crippen LogP contribution in [0, 0.1) is 23.1 Å². The van der Waals surface area contributed by atoms with Crippen LogP contribution >= 0.6 is 0 Å². The van der Waals surface area contributed by atoms with E-state index in [0.717, 1.165) is 37.1 Å². The molecule has 3 fully saturated rings. The van der Waals surface area contributed by atoms with Crippen LogP contribution in [-0.4, -0.2) is 63.9 Å². The molecule has 1 aromatic heterocycles. The molecule has 7 rings (SSSR count). The van der Waals surface area contributed by atoms with Gasteiger partial charge in [-0.3, -0.25) is 0 Å². The minimum absolute atomic E-state index is 0.0667. The number of benzene rings is 1. The van der Waals surface area contributed by atoms with Gasteiger partial charge in [0.15, 0.2) is 10.9 Å². The van der Waals surface area contributed by atoms with Crippen LogP contribution in [0.15, 0.2) is 41.2 Å². The predicted octanol–water partition coefficient (Wildman–Crippen LogP) is 2.91. The van der Waals surface area contributed by atoms with Crippen LogP contribution in [0.2, 0.25) is 0 Å². The highest BCUT2D eigenvalue weighted by molar-refractivity contribution is 7.91. The molecule has 1 aliphatic heterocycles. The van der Waals surface area contributed by atoms with Gasteiger partial charge in [-0.15, -0.1) is 0 Å². The van der Waals surface area contributed by atoms with E-state index in [-0.39, 0.29) is 30.3 Å². The molecule has 1 aromatic carbocycles. The number of halogens is 1. The average molecular weight is 513 g/mol. The summed E-state index contributed by atoms with van der Waals surface area (Å²) in [5.41, 5.74) is 5.09. The standard InChI is InChI=1S/C26H29FN4O4S/c1-16-26(13-24(26)35-29-16)36(33,34)30(8-9-32)15-18-12-25-11-17-14-28-31(21-5-3-20(27)4-6-21)23(17)10-19(25)2-7-22(18)25/h3-6,10,14,18,22,24,32H,2,7-9,11-13,15H2,1H3/t18-,22?,24?,25+,26?/m0/s1. The summed E-state index contributed by atoms with van der Waals surface area (Å²) in [6.07, 6.45) is 8.09. The maximum absolute atomic E-state index is 13.7. The van der Waals surface area contributed by atoms with Crippen molar-refractivity contribution in [2.45, 2.75) is 49.9 Å². The first-order valence-corrected chi connectivity index (χ1v) is 14.1. The van der Waals surface area contributed by atoms with Gasteiger partial charge in [-0.1, -0.05) is 10.7 Å². The third-order valence-corrected chi connectivity index (χ3v) is 12.1. The van der Waals surface area contributed by atoms with E-state index in [2.05, 4.69) is 16.3 Å². The monoisotopic (exact) mass is 512 g/mol. The van der Waals surface area contributed by atoms with Gasteiger partial charge in [-0.05, 0) is 85.8 Å². The lowest BCUT2D eigenvalue weighted by Crippen LogP contribution is -2.54. The maximum atomic E-state index is 13.7. The van der Waals surface area contributed by atoms with E-state index in [1.54, 1.807) is 19.1 Å². The fourth-order valence-corrected chi connectivity index (χ4v) is 9.82. The fourth-order valence-electron chi connectivity index (χ4n) is 7.50. The number of hydrogen-bond acceptors (Lipinski definition) is 6. The van der Waals surface area contributed by atoms with Gasteiger partial charge in [0.25, 0.3) is 0 Å². The highest BCUT2D eigenvalue weighted by Gasteiger charge is 2.73. The highest BCUT2D eigenvalue weighted by atomic mass is 32.2. The SMILES string of the molecule is CC1=NOC2CC12S(=O)(=O)N(CCO)C[C@@H]1C[C@]23Cc4cnn(-c5ccc(F)cc5)c4C=C2CCC13. The molecule has 1 spiro atoms. The van der Waals surface area contributed by atoms with Crippen LogP contribution in [-0.2, 0) is 21.3 Å². The van der Waals surface area contributed by atoms with Gasteiger partial charge in [0.05, 0.1) is 29.9 Å². The lowest BCUT2D eigenvalue weighted by atomic mass is 9.51. The topological polar surface area (TPSA) is 97.0 Å². The molecule has 5 atom stereocenters. The number of hydrogen-bond donors (Lipinski definition) is 1. The van der Waals surface area contributed by atoms with Crippen molar-refractivity contribution in [3.63, 3.8) is 0 Å². The Bertz CT molecular complexity index is 1420. The molecule has 8 nitrogen and oxygen atoms in total. The van der Waals surface area contributed by atoms with E-state index in [0.29, 0.717) is 24.6 Å². The van der Waals surface area contributed by atoms with E-state index in [1.807, 2.05) is 10.9 Å². The normalized spacial score (nSPS) is 33.6. The number of sulfonamides is 1. The number of aliphatic hydroxyl groups is 1. The molecular weight excluding hydrogens is 483 g/mol. The maximum Gasteiger partial charge on any atom is 0.229 e. The third-order valence-electron chi connectivity index (χ3n) is 9.41. The Morgan fingerprint density at radius 2 is 2.08 bits per heavy atom. The van der Waals surface area contributed by atoms with Crippen molar-refractivity contribution in [1.82, 2.24) is 14.1 Å². The van der Waals surface area contributed by atoms with Gasteiger partial charge in [0, 0.05) is 19.5 Å². The van der Waals surface area contributed by atoms with Gasteiger partial charge >= 0.3 is 0 Å². The molecule has 3 unspecified atom stereocenters. The fraction of sp³-hybridized carbons (Fsp3) is 0.538. The first-order chi connectivity index (χ1) is 17.3. The van der Waals surface area contributed by atoms with Crippen molar-refractivity contribution >= 4 is 21.8 Å². The summed E-state index contributed by atoms with van der Waals surface area (Å²) in [4.78, 5) is 5.30. The minimum Gasteiger partial charge on any atom is -0.395 e. The van der Waals surface area contributed by atoms with E-state index >= 15 is 0 Å². The number of rotatable bonds is 7. The zero-order valence-electron chi connectivity index (χ0n) is 20.1. The number of aliphatic hydroxyl groups excluding tert-OH is 1. The molecule has 10 heteroatoms. The van der Waals surface area contributed by atoms with Crippen molar-refractivity contribution in [3.05, 3.63) is 53.1 Å². The second-order valence-electron chi connectivity index (χ2n) is 11.0. The van der Waals surface area contributed by atoms with Crippen molar-refractivity contribution in [2.75, 3.05) is 19.7 Å². The predicted molar refractivity (Wildman–Crippen MR) is 131 cm³/mol. The molecule has 190 valence electrons. The summed E-state index contributed by atoms with van der Waals surface area (Å²) in [5.74, 6) is 0.386. The summed E-state index contributed by atoms with van der Waals surface area (Å²) in [7, 11) is -3.69. The molecular formula is C26H29FN4O4S. The Labute approximate surface area is 209 Å². The third kappa shape index (κ3) is 2.83. The second-order valence-corrected chi connectivity index (χ2v) is 13.2. The van der Waals surface area contributed by atoms with E-state index in [1.165, 1.54) is 27.6 Å². The summed E-state index contributed by atoms with van der Waals surface area (Å²) in [6, 6.07) is 6.38. The molecule has 0 bridgehead atoms. The molecule has 2 aromatic rings. The number of aromatic nitrogens is 2. The number of oxime groups is 1. The van der Waals surface area contributed by atoms with Crippen LogP contribution in [0.25, 0.3) is 11.8 Å². The van der Waals surface area contributed by atoms with Crippen molar-refractivity contribution < 1.29 is 22.8 Å².